The van der Waals surface area contributed by atoms with Crippen molar-refractivity contribution in [3.05, 3.63) is 98.5 Å². The Morgan fingerprint density at radius 3 is 2.23 bits per heavy atom. The maximum Gasteiger partial charge on any atom is 0.251 e. The topological polar surface area (TPSA) is 66.5 Å². The largest absolute Gasteiger partial charge is 0.351 e. The van der Waals surface area contributed by atoms with Crippen LogP contribution in [0.15, 0.2) is 60.7 Å². The van der Waals surface area contributed by atoms with Crippen LogP contribution in [0.4, 0.5) is 5.69 Å². The first-order valence-corrected chi connectivity index (χ1v) is 14.7. The normalized spacial score (nSPS) is 11.3. The number of aryl methyl sites for hydroxylation is 2. The van der Waals surface area contributed by atoms with Crippen LogP contribution in [0.2, 0.25) is 10.0 Å². The molecular weight excluding hydrogens is 523 g/mol. The number of nitrogens with zero attached hydrogens (tertiary/aromatic N) is 1. The fourth-order valence-electron chi connectivity index (χ4n) is 3.39. The molecule has 1 amide bonds. The average Bonchev–Trinajstić information content (AvgIpc) is 2.80. The monoisotopic (exact) mass is 550 g/mol. The molecule has 186 valence electrons. The van der Waals surface area contributed by atoms with Crippen molar-refractivity contribution in [1.29, 1.82) is 0 Å². The van der Waals surface area contributed by atoms with Gasteiger partial charge in [-0.3, -0.25) is 9.10 Å². The number of sulfonamides is 1. The number of anilines is 1. The van der Waals surface area contributed by atoms with Crippen LogP contribution in [-0.2, 0) is 22.3 Å². The third kappa shape index (κ3) is 7.64. The summed E-state index contributed by atoms with van der Waals surface area (Å²) in [6.07, 6.45) is 1.20. The first kappa shape index (κ1) is 27.4. The summed E-state index contributed by atoms with van der Waals surface area (Å²) in [6.45, 7) is 4.63. The smallest absolute Gasteiger partial charge is 0.251 e. The Balaban J connectivity index is 1.55. The summed E-state index contributed by atoms with van der Waals surface area (Å²) in [4.78, 5) is 12.5. The van der Waals surface area contributed by atoms with Crippen LogP contribution in [0.5, 0.6) is 0 Å². The van der Waals surface area contributed by atoms with Gasteiger partial charge in [-0.15, -0.1) is 0 Å². The van der Waals surface area contributed by atoms with Crippen molar-refractivity contribution in [1.82, 2.24) is 5.32 Å². The van der Waals surface area contributed by atoms with E-state index in [-0.39, 0.29) is 12.5 Å². The van der Waals surface area contributed by atoms with Gasteiger partial charge in [0.05, 0.1) is 18.5 Å². The van der Waals surface area contributed by atoms with E-state index >= 15 is 0 Å². The Kier molecular flexibility index (Phi) is 9.53. The van der Waals surface area contributed by atoms with Crippen molar-refractivity contribution in [3.63, 3.8) is 0 Å². The number of halogens is 2. The lowest BCUT2D eigenvalue weighted by atomic mass is 10.1. The Bertz CT molecular complexity index is 1280. The molecule has 0 aliphatic heterocycles. The van der Waals surface area contributed by atoms with Gasteiger partial charge in [-0.25, -0.2) is 8.42 Å². The molecular formula is C26H28Cl2N2O3S2. The zero-order valence-electron chi connectivity index (χ0n) is 19.8. The zero-order valence-corrected chi connectivity index (χ0v) is 23.0. The van der Waals surface area contributed by atoms with Gasteiger partial charge in [0.15, 0.2) is 0 Å². The molecule has 3 rings (SSSR count). The van der Waals surface area contributed by atoms with Gasteiger partial charge in [-0.05, 0) is 72.5 Å². The molecule has 0 bridgehead atoms. The lowest BCUT2D eigenvalue weighted by Crippen LogP contribution is -2.29. The Morgan fingerprint density at radius 1 is 0.971 bits per heavy atom. The maximum atomic E-state index is 12.5. The van der Waals surface area contributed by atoms with Crippen LogP contribution in [-0.4, -0.2) is 32.9 Å². The average molecular weight is 552 g/mol. The van der Waals surface area contributed by atoms with Gasteiger partial charge in [0.2, 0.25) is 10.0 Å². The fraction of sp³-hybridized carbons (Fsp3) is 0.269. The highest BCUT2D eigenvalue weighted by atomic mass is 35.5. The highest BCUT2D eigenvalue weighted by Gasteiger charge is 2.18. The van der Waals surface area contributed by atoms with Gasteiger partial charge >= 0.3 is 0 Å². The van der Waals surface area contributed by atoms with E-state index in [1.807, 2.05) is 50.2 Å². The molecule has 0 spiro atoms. The molecule has 0 saturated carbocycles. The number of benzene rings is 3. The van der Waals surface area contributed by atoms with Crippen LogP contribution in [0.25, 0.3) is 0 Å². The molecule has 0 aliphatic rings. The minimum Gasteiger partial charge on any atom is -0.351 e. The first-order valence-electron chi connectivity index (χ1n) is 11.0. The van der Waals surface area contributed by atoms with Crippen LogP contribution in [0.3, 0.4) is 0 Å². The lowest BCUT2D eigenvalue weighted by molar-refractivity contribution is 0.0956. The summed E-state index contributed by atoms with van der Waals surface area (Å²) in [5.74, 6) is 1.20. The van der Waals surface area contributed by atoms with Gasteiger partial charge in [0.1, 0.15) is 0 Å². The Morgan fingerprint density at radius 2 is 1.63 bits per heavy atom. The van der Waals surface area contributed by atoms with E-state index in [0.29, 0.717) is 39.3 Å². The molecule has 0 radical (unpaired) electrons. The number of rotatable bonds is 10. The molecule has 0 unspecified atom stereocenters. The molecule has 3 aromatic rings. The van der Waals surface area contributed by atoms with E-state index < -0.39 is 10.0 Å². The van der Waals surface area contributed by atoms with Gasteiger partial charge < -0.3 is 5.32 Å². The fourth-order valence-corrected chi connectivity index (χ4v) is 5.87. The summed E-state index contributed by atoms with van der Waals surface area (Å²) in [6, 6.07) is 18.0. The quantitative estimate of drug-likeness (QED) is 0.303. The summed E-state index contributed by atoms with van der Waals surface area (Å²) in [5.41, 5.74) is 4.95. The molecule has 5 nitrogen and oxygen atoms in total. The Hall–Kier alpha value is -2.19. The molecule has 0 saturated heterocycles. The lowest BCUT2D eigenvalue weighted by Gasteiger charge is -2.23. The van der Waals surface area contributed by atoms with Gasteiger partial charge in [-0.1, -0.05) is 47.5 Å². The molecule has 1 N–H and O–H groups in total. The second-order valence-electron chi connectivity index (χ2n) is 8.24. The molecule has 0 heterocycles. The summed E-state index contributed by atoms with van der Waals surface area (Å²) < 4.78 is 26.3. The van der Waals surface area contributed by atoms with E-state index in [4.69, 9.17) is 23.2 Å². The summed E-state index contributed by atoms with van der Waals surface area (Å²) in [5, 5.41) is 4.18. The van der Waals surface area contributed by atoms with E-state index in [9.17, 15) is 13.2 Å². The van der Waals surface area contributed by atoms with Crippen molar-refractivity contribution < 1.29 is 13.2 Å². The number of hydrogen-bond donors (Lipinski definition) is 1. The number of nitrogens with one attached hydrogen (secondary N) is 1. The molecule has 0 atom stereocenters. The maximum absolute atomic E-state index is 12.5. The van der Waals surface area contributed by atoms with E-state index in [1.165, 1.54) is 10.6 Å². The van der Waals surface area contributed by atoms with Crippen LogP contribution in [0, 0.1) is 13.8 Å². The van der Waals surface area contributed by atoms with Gasteiger partial charge in [-0.2, -0.15) is 11.8 Å². The molecule has 0 aromatic heterocycles. The second-order valence-corrected chi connectivity index (χ2v) is 12.1. The molecule has 3 aromatic carbocycles. The highest BCUT2D eigenvalue weighted by Crippen LogP contribution is 2.28. The number of thioether (sulfide) groups is 1. The predicted octanol–water partition coefficient (Wildman–Crippen LogP) is 6.24. The van der Waals surface area contributed by atoms with Gasteiger partial charge in [0, 0.05) is 33.7 Å². The minimum absolute atomic E-state index is 0.179. The van der Waals surface area contributed by atoms with Crippen molar-refractivity contribution in [2.24, 2.45) is 0 Å². The van der Waals surface area contributed by atoms with Crippen LogP contribution in [0.1, 0.15) is 32.6 Å². The van der Waals surface area contributed by atoms with E-state index in [2.05, 4.69) is 5.32 Å². The van der Waals surface area contributed by atoms with E-state index in [1.54, 1.807) is 36.0 Å². The van der Waals surface area contributed by atoms with Crippen molar-refractivity contribution in [2.75, 3.05) is 22.9 Å². The van der Waals surface area contributed by atoms with Crippen LogP contribution < -0.4 is 9.62 Å². The third-order valence-electron chi connectivity index (χ3n) is 5.56. The predicted molar refractivity (Wildman–Crippen MR) is 148 cm³/mol. The van der Waals surface area contributed by atoms with E-state index in [0.717, 1.165) is 22.3 Å². The first-order chi connectivity index (χ1) is 16.6. The standard InChI is InChI=1S/C26H28Cl2N2O3S2/c1-18-7-12-22(15-19(18)2)30(35(3,32)33)16-20-8-10-21(11-9-20)26(31)29-13-14-34-17-23-24(27)5-4-6-25(23)28/h4-12,15H,13-14,16-17H2,1-3H3,(H,29,31). The van der Waals surface area contributed by atoms with Crippen molar-refractivity contribution in [2.45, 2.75) is 26.1 Å². The molecule has 35 heavy (non-hydrogen) atoms. The molecule has 0 aliphatic carbocycles. The summed E-state index contributed by atoms with van der Waals surface area (Å²) in [7, 11) is -3.48. The number of carbonyl (C=O) groups is 1. The van der Waals surface area contributed by atoms with Gasteiger partial charge in [0.25, 0.3) is 5.91 Å². The highest BCUT2D eigenvalue weighted by molar-refractivity contribution is 7.98. The number of hydrogen-bond acceptors (Lipinski definition) is 4. The minimum atomic E-state index is -3.48. The Labute approximate surface area is 221 Å². The number of amides is 1. The van der Waals surface area contributed by atoms with Crippen molar-refractivity contribution >= 4 is 56.6 Å². The van der Waals surface area contributed by atoms with Crippen molar-refractivity contribution in [3.8, 4) is 0 Å². The van der Waals surface area contributed by atoms with Crippen LogP contribution >= 0.6 is 35.0 Å². The zero-order chi connectivity index (χ0) is 25.6. The number of carbonyl (C=O) groups excluding carboxylic acids is 1. The third-order valence-corrected chi connectivity index (χ3v) is 8.40. The molecule has 9 heteroatoms. The SMILES string of the molecule is Cc1ccc(N(Cc2ccc(C(=O)NCCSCc3c(Cl)cccc3Cl)cc2)S(C)(=O)=O)cc1C. The molecule has 0 fully saturated rings. The summed E-state index contributed by atoms with van der Waals surface area (Å²) >= 11 is 14.0. The second kappa shape index (κ2) is 12.2.